The van der Waals surface area contributed by atoms with Crippen molar-refractivity contribution in [2.24, 2.45) is 0 Å². The molecule has 1 unspecified atom stereocenters. The van der Waals surface area contributed by atoms with Gasteiger partial charge < -0.3 is 15.2 Å². The van der Waals surface area contributed by atoms with Crippen molar-refractivity contribution in [3.63, 3.8) is 0 Å². The fourth-order valence-corrected chi connectivity index (χ4v) is 2.95. The molecule has 2 rings (SSSR count). The first-order chi connectivity index (χ1) is 9.29. The molecule has 0 radical (unpaired) electrons. The maximum absolute atomic E-state index is 12.1. The quantitative estimate of drug-likeness (QED) is 0.782. The minimum absolute atomic E-state index is 0.0900. The van der Waals surface area contributed by atoms with Crippen molar-refractivity contribution in [2.75, 3.05) is 32.9 Å². The lowest BCUT2D eigenvalue weighted by Gasteiger charge is -2.29. The van der Waals surface area contributed by atoms with Gasteiger partial charge in [0.25, 0.3) is 0 Å². The topological polar surface area (TPSA) is 61.8 Å². The van der Waals surface area contributed by atoms with E-state index in [0.717, 1.165) is 51.9 Å². The number of aliphatic hydroxyl groups is 1. The van der Waals surface area contributed by atoms with E-state index in [4.69, 9.17) is 4.74 Å². The number of rotatable bonds is 4. The van der Waals surface area contributed by atoms with E-state index in [9.17, 15) is 9.90 Å². The molecule has 0 aromatic carbocycles. The minimum Gasteiger partial charge on any atom is -0.395 e. The molecule has 5 nitrogen and oxygen atoms in total. The van der Waals surface area contributed by atoms with Crippen molar-refractivity contribution in [1.82, 2.24) is 10.2 Å². The van der Waals surface area contributed by atoms with Crippen LogP contribution in [0.25, 0.3) is 0 Å². The van der Waals surface area contributed by atoms with Crippen LogP contribution in [0.3, 0.4) is 0 Å². The highest BCUT2D eigenvalue weighted by molar-refractivity contribution is 5.78. The van der Waals surface area contributed by atoms with Crippen LogP contribution in [0, 0.1) is 0 Å². The van der Waals surface area contributed by atoms with Crippen molar-refractivity contribution >= 4 is 5.91 Å². The van der Waals surface area contributed by atoms with Gasteiger partial charge in [0.15, 0.2) is 0 Å². The Morgan fingerprint density at radius 1 is 1.21 bits per heavy atom. The van der Waals surface area contributed by atoms with E-state index in [2.05, 4.69) is 10.2 Å². The Kier molecular flexibility index (Phi) is 6.07. The predicted octanol–water partition coefficient (Wildman–Crippen LogP) is 0.519. The molecule has 0 spiro atoms. The molecule has 5 heteroatoms. The smallest absolute Gasteiger partial charge is 0.234 e. The van der Waals surface area contributed by atoms with Gasteiger partial charge in [-0.25, -0.2) is 0 Å². The van der Waals surface area contributed by atoms with Crippen molar-refractivity contribution in [3.8, 4) is 0 Å². The maximum Gasteiger partial charge on any atom is 0.234 e. The van der Waals surface area contributed by atoms with E-state index in [0.29, 0.717) is 6.54 Å². The molecular formula is C14H26N2O3. The number of nitrogens with zero attached hydrogens (tertiary/aromatic N) is 1. The molecule has 1 atom stereocenters. The van der Waals surface area contributed by atoms with E-state index in [1.807, 2.05) is 0 Å². The van der Waals surface area contributed by atoms with Crippen LogP contribution in [0.2, 0.25) is 0 Å². The summed E-state index contributed by atoms with van der Waals surface area (Å²) in [6.45, 7) is 2.99. The van der Waals surface area contributed by atoms with Crippen LogP contribution in [0.15, 0.2) is 0 Å². The average molecular weight is 270 g/mol. The molecule has 19 heavy (non-hydrogen) atoms. The molecule has 2 saturated heterocycles. The highest BCUT2D eigenvalue weighted by atomic mass is 16.5. The fraction of sp³-hybridized carbons (Fsp3) is 0.929. The van der Waals surface area contributed by atoms with Gasteiger partial charge in [-0.05, 0) is 32.2 Å². The number of amides is 1. The Labute approximate surface area is 115 Å². The van der Waals surface area contributed by atoms with Crippen LogP contribution >= 0.6 is 0 Å². The summed E-state index contributed by atoms with van der Waals surface area (Å²) in [7, 11) is 0. The second-order valence-electron chi connectivity index (χ2n) is 5.61. The summed E-state index contributed by atoms with van der Waals surface area (Å²) in [5.41, 5.74) is 0. The van der Waals surface area contributed by atoms with E-state index in [1.165, 1.54) is 6.42 Å². The molecule has 2 N–H and O–H groups in total. The first-order valence-electron chi connectivity index (χ1n) is 7.51. The molecular weight excluding hydrogens is 244 g/mol. The van der Waals surface area contributed by atoms with Crippen LogP contribution in [0.1, 0.15) is 38.5 Å². The van der Waals surface area contributed by atoms with Gasteiger partial charge in [0, 0.05) is 25.3 Å². The first kappa shape index (κ1) is 14.8. The normalized spacial score (nSPS) is 26.9. The van der Waals surface area contributed by atoms with E-state index < -0.39 is 0 Å². The van der Waals surface area contributed by atoms with Crippen molar-refractivity contribution in [1.29, 1.82) is 0 Å². The van der Waals surface area contributed by atoms with Gasteiger partial charge in [-0.15, -0.1) is 0 Å². The number of carbonyl (C=O) groups is 1. The van der Waals surface area contributed by atoms with Crippen LogP contribution < -0.4 is 5.32 Å². The maximum atomic E-state index is 12.1. The number of likely N-dealkylation sites (tertiary alicyclic amines) is 1. The Bertz CT molecular complexity index is 280. The van der Waals surface area contributed by atoms with E-state index in [1.54, 1.807) is 0 Å². The highest BCUT2D eigenvalue weighted by Crippen LogP contribution is 2.16. The fourth-order valence-electron chi connectivity index (χ4n) is 2.95. The van der Waals surface area contributed by atoms with Gasteiger partial charge in [-0.3, -0.25) is 9.69 Å². The van der Waals surface area contributed by atoms with Crippen molar-refractivity contribution in [3.05, 3.63) is 0 Å². The third-order valence-corrected chi connectivity index (χ3v) is 4.14. The lowest BCUT2D eigenvalue weighted by molar-refractivity contribution is -0.124. The molecule has 2 fully saturated rings. The lowest BCUT2D eigenvalue weighted by Crippen LogP contribution is -2.47. The summed E-state index contributed by atoms with van der Waals surface area (Å²) in [5, 5.41) is 12.5. The number of aliphatic hydroxyl groups excluding tert-OH is 1. The van der Waals surface area contributed by atoms with Gasteiger partial charge in [0.05, 0.1) is 13.2 Å². The van der Waals surface area contributed by atoms with Gasteiger partial charge in [0.1, 0.15) is 0 Å². The number of hydrogen-bond acceptors (Lipinski definition) is 4. The average Bonchev–Trinajstić information content (AvgIpc) is 2.64. The molecule has 1 amide bonds. The number of nitrogens with one attached hydrogen (secondary N) is 1. The van der Waals surface area contributed by atoms with Crippen molar-refractivity contribution < 1.29 is 14.6 Å². The third-order valence-electron chi connectivity index (χ3n) is 4.14. The molecule has 2 aliphatic heterocycles. The van der Waals surface area contributed by atoms with Gasteiger partial charge in [-0.2, -0.15) is 0 Å². The minimum atomic E-state index is 0.0900. The molecule has 0 aromatic heterocycles. The Morgan fingerprint density at radius 3 is 2.74 bits per heavy atom. The summed E-state index contributed by atoms with van der Waals surface area (Å²) < 4.78 is 5.29. The zero-order valence-electron chi connectivity index (χ0n) is 11.6. The predicted molar refractivity (Wildman–Crippen MR) is 72.9 cm³/mol. The Hall–Kier alpha value is -0.650. The summed E-state index contributed by atoms with van der Waals surface area (Å²) in [6.07, 6.45) is 6.31. The van der Waals surface area contributed by atoms with E-state index in [-0.39, 0.29) is 24.6 Å². The second kappa shape index (κ2) is 7.82. The van der Waals surface area contributed by atoms with Gasteiger partial charge >= 0.3 is 0 Å². The van der Waals surface area contributed by atoms with Crippen molar-refractivity contribution in [2.45, 2.75) is 50.6 Å². The van der Waals surface area contributed by atoms with Crippen LogP contribution in [0.4, 0.5) is 0 Å². The van der Waals surface area contributed by atoms with Crippen LogP contribution in [-0.2, 0) is 9.53 Å². The van der Waals surface area contributed by atoms with E-state index >= 15 is 0 Å². The standard InChI is InChI=1S/C14H26N2O3/c17-11-13-4-2-1-3-7-16(13)10-14(18)15-12-5-8-19-9-6-12/h12-13,17H,1-11H2,(H,15,18). The molecule has 0 bridgehead atoms. The van der Waals surface area contributed by atoms with Gasteiger partial charge in [-0.1, -0.05) is 12.8 Å². The molecule has 0 saturated carbocycles. The molecule has 0 aliphatic carbocycles. The largest absolute Gasteiger partial charge is 0.395 e. The zero-order chi connectivity index (χ0) is 13.5. The molecule has 2 heterocycles. The summed E-state index contributed by atoms with van der Waals surface area (Å²) in [5.74, 6) is 0.0900. The zero-order valence-corrected chi connectivity index (χ0v) is 11.6. The second-order valence-corrected chi connectivity index (χ2v) is 5.61. The highest BCUT2D eigenvalue weighted by Gasteiger charge is 2.23. The van der Waals surface area contributed by atoms with Gasteiger partial charge in [0.2, 0.25) is 5.91 Å². The molecule has 2 aliphatic rings. The van der Waals surface area contributed by atoms with Crippen LogP contribution in [-0.4, -0.2) is 60.9 Å². The number of carbonyl (C=O) groups excluding carboxylic acids is 1. The summed E-state index contributed by atoms with van der Waals surface area (Å²) in [6, 6.07) is 0.420. The summed E-state index contributed by atoms with van der Waals surface area (Å²) >= 11 is 0. The third kappa shape index (κ3) is 4.75. The first-order valence-corrected chi connectivity index (χ1v) is 7.51. The number of ether oxygens (including phenoxy) is 1. The Morgan fingerprint density at radius 2 is 2.00 bits per heavy atom. The van der Waals surface area contributed by atoms with Crippen LogP contribution in [0.5, 0.6) is 0 Å². The SMILES string of the molecule is O=C(CN1CCCCCC1CO)NC1CCOCC1. The lowest BCUT2D eigenvalue weighted by atomic mass is 10.1. The molecule has 110 valence electrons. The molecule has 0 aromatic rings. The summed E-state index contributed by atoms with van der Waals surface area (Å²) in [4.78, 5) is 14.2. The Balaban J connectivity index is 1.78. The monoisotopic (exact) mass is 270 g/mol. The number of hydrogen-bond donors (Lipinski definition) is 2.